The summed E-state index contributed by atoms with van der Waals surface area (Å²) in [5.74, 6) is 2.01. The van der Waals surface area contributed by atoms with E-state index in [9.17, 15) is 14.9 Å². The zero-order valence-corrected chi connectivity index (χ0v) is 18.1. The second-order valence-electron chi connectivity index (χ2n) is 7.72. The number of methoxy groups -OCH3 is 1. The van der Waals surface area contributed by atoms with Crippen LogP contribution in [0, 0.1) is 16.0 Å². The van der Waals surface area contributed by atoms with Crippen molar-refractivity contribution in [3.8, 4) is 11.5 Å². The van der Waals surface area contributed by atoms with Crippen LogP contribution >= 0.6 is 0 Å². The van der Waals surface area contributed by atoms with E-state index in [1.54, 1.807) is 7.11 Å². The number of carbonyl (C=O) groups excluding carboxylic acids is 1. The fourth-order valence-electron chi connectivity index (χ4n) is 2.95. The van der Waals surface area contributed by atoms with Gasteiger partial charge in [-0.25, -0.2) is 0 Å². The molecule has 0 fully saturated rings. The van der Waals surface area contributed by atoms with Gasteiger partial charge in [-0.15, -0.1) is 0 Å². The largest absolute Gasteiger partial charge is 0.493 e. The molecule has 1 rings (SSSR count). The molecule has 1 N–H and O–H groups in total. The van der Waals surface area contributed by atoms with Crippen molar-refractivity contribution in [3.63, 3.8) is 0 Å². The van der Waals surface area contributed by atoms with Crippen molar-refractivity contribution >= 4 is 5.91 Å². The number of hydrogen-bond acceptors (Lipinski definition) is 5. The molecule has 0 spiro atoms. The summed E-state index contributed by atoms with van der Waals surface area (Å²) < 4.78 is 11.0. The van der Waals surface area contributed by atoms with E-state index >= 15 is 0 Å². The van der Waals surface area contributed by atoms with Crippen molar-refractivity contribution in [3.05, 3.63) is 33.9 Å². The van der Waals surface area contributed by atoms with Gasteiger partial charge < -0.3 is 14.8 Å². The summed E-state index contributed by atoms with van der Waals surface area (Å²) in [6.45, 7) is 5.28. The number of ether oxygens (including phenoxy) is 2. The van der Waals surface area contributed by atoms with Crippen molar-refractivity contribution in [2.45, 2.75) is 71.8 Å². The van der Waals surface area contributed by atoms with Crippen molar-refractivity contribution in [1.29, 1.82) is 0 Å². The monoisotopic (exact) mass is 408 g/mol. The molecule has 0 saturated heterocycles. The molecule has 0 aliphatic heterocycles. The maximum Gasteiger partial charge on any atom is 0.220 e. The molecule has 0 bridgehead atoms. The molecule has 0 unspecified atom stereocenters. The van der Waals surface area contributed by atoms with Crippen LogP contribution in [-0.4, -0.2) is 31.1 Å². The molecular weight excluding hydrogens is 372 g/mol. The number of rotatable bonds is 16. The SMILES string of the molecule is COc1cc(CNC(=O)CCCCCCC(C)C)ccc1OCCCC[N+](=O)[O-]. The average molecular weight is 409 g/mol. The van der Waals surface area contributed by atoms with Gasteiger partial charge in [0.15, 0.2) is 11.5 Å². The Balaban J connectivity index is 2.30. The molecule has 1 aromatic carbocycles. The van der Waals surface area contributed by atoms with E-state index in [1.807, 2.05) is 18.2 Å². The van der Waals surface area contributed by atoms with Gasteiger partial charge in [-0.3, -0.25) is 14.9 Å². The van der Waals surface area contributed by atoms with Crippen LogP contribution in [0.5, 0.6) is 11.5 Å². The van der Waals surface area contributed by atoms with E-state index in [-0.39, 0.29) is 17.4 Å². The number of nitrogens with zero attached hydrogens (tertiary/aromatic N) is 1. The van der Waals surface area contributed by atoms with Gasteiger partial charge in [0.1, 0.15) is 0 Å². The van der Waals surface area contributed by atoms with Crippen LogP contribution in [-0.2, 0) is 11.3 Å². The van der Waals surface area contributed by atoms with E-state index in [4.69, 9.17) is 9.47 Å². The van der Waals surface area contributed by atoms with E-state index in [2.05, 4.69) is 19.2 Å². The summed E-state index contributed by atoms with van der Waals surface area (Å²) in [6.07, 6.45) is 7.37. The molecule has 7 nitrogen and oxygen atoms in total. The van der Waals surface area contributed by atoms with Crippen LogP contribution in [0.2, 0.25) is 0 Å². The van der Waals surface area contributed by atoms with E-state index in [0.717, 1.165) is 24.3 Å². The van der Waals surface area contributed by atoms with Crippen molar-refractivity contribution in [2.75, 3.05) is 20.3 Å². The minimum absolute atomic E-state index is 0.0446. The van der Waals surface area contributed by atoms with Gasteiger partial charge in [0.05, 0.1) is 13.7 Å². The third-order valence-electron chi connectivity index (χ3n) is 4.65. The number of hydrogen-bond donors (Lipinski definition) is 1. The van der Waals surface area contributed by atoms with Gasteiger partial charge in [0.2, 0.25) is 12.5 Å². The molecule has 0 aliphatic carbocycles. The molecule has 1 aromatic rings. The first-order chi connectivity index (χ1) is 13.9. The Hall–Kier alpha value is -2.31. The third-order valence-corrected chi connectivity index (χ3v) is 4.65. The molecule has 0 saturated carbocycles. The summed E-state index contributed by atoms with van der Waals surface area (Å²) in [4.78, 5) is 22.0. The van der Waals surface area contributed by atoms with Gasteiger partial charge in [-0.2, -0.15) is 0 Å². The first-order valence-corrected chi connectivity index (χ1v) is 10.6. The Morgan fingerprint density at radius 1 is 1.10 bits per heavy atom. The van der Waals surface area contributed by atoms with Gasteiger partial charge in [0, 0.05) is 24.3 Å². The highest BCUT2D eigenvalue weighted by Gasteiger charge is 2.08. The molecule has 1 amide bonds. The first kappa shape index (κ1) is 24.7. The van der Waals surface area contributed by atoms with Crippen molar-refractivity contribution < 1.29 is 19.2 Å². The molecule has 164 valence electrons. The smallest absolute Gasteiger partial charge is 0.220 e. The quantitative estimate of drug-likeness (QED) is 0.242. The zero-order chi connectivity index (χ0) is 21.5. The summed E-state index contributed by atoms with van der Waals surface area (Å²) in [5, 5.41) is 13.3. The predicted octanol–water partition coefficient (Wildman–Crippen LogP) is 4.74. The molecular formula is C22H36N2O5. The van der Waals surface area contributed by atoms with E-state index in [0.29, 0.717) is 43.9 Å². The molecule has 0 radical (unpaired) electrons. The Kier molecular flexibility index (Phi) is 12.5. The van der Waals surface area contributed by atoms with Gasteiger partial charge in [-0.1, -0.05) is 45.6 Å². The molecule has 29 heavy (non-hydrogen) atoms. The van der Waals surface area contributed by atoms with Crippen LogP contribution in [0.1, 0.15) is 70.8 Å². The number of unbranched alkanes of at least 4 members (excludes halogenated alkanes) is 4. The first-order valence-electron chi connectivity index (χ1n) is 10.6. The normalized spacial score (nSPS) is 10.8. The molecule has 0 atom stereocenters. The Morgan fingerprint density at radius 3 is 2.55 bits per heavy atom. The number of benzene rings is 1. The lowest BCUT2D eigenvalue weighted by Gasteiger charge is -2.12. The fourth-order valence-corrected chi connectivity index (χ4v) is 2.95. The fraction of sp³-hybridized carbons (Fsp3) is 0.682. The highest BCUT2D eigenvalue weighted by atomic mass is 16.6. The Morgan fingerprint density at radius 2 is 1.86 bits per heavy atom. The minimum atomic E-state index is -0.323. The molecule has 0 aromatic heterocycles. The molecule has 0 aliphatic rings. The number of nitrogens with one attached hydrogen (secondary N) is 1. The lowest BCUT2D eigenvalue weighted by Crippen LogP contribution is -2.22. The summed E-state index contributed by atoms with van der Waals surface area (Å²) in [6, 6.07) is 5.54. The van der Waals surface area contributed by atoms with Crippen LogP contribution in [0.3, 0.4) is 0 Å². The number of amides is 1. The van der Waals surface area contributed by atoms with Crippen LogP contribution in [0.15, 0.2) is 18.2 Å². The van der Waals surface area contributed by atoms with Gasteiger partial charge in [-0.05, 0) is 36.5 Å². The maximum absolute atomic E-state index is 12.0. The lowest BCUT2D eigenvalue weighted by atomic mass is 10.0. The minimum Gasteiger partial charge on any atom is -0.493 e. The molecule has 7 heteroatoms. The topological polar surface area (TPSA) is 90.7 Å². The van der Waals surface area contributed by atoms with Gasteiger partial charge in [0.25, 0.3) is 0 Å². The maximum atomic E-state index is 12.0. The standard InChI is InChI=1S/C22H36N2O5/c1-18(2)10-6-4-5-7-11-22(25)23-17-19-12-13-20(21(16-19)28-3)29-15-9-8-14-24(26)27/h12-13,16,18H,4-11,14-15,17H2,1-3H3,(H,23,25). The van der Waals surface area contributed by atoms with Crippen molar-refractivity contribution in [1.82, 2.24) is 5.32 Å². The van der Waals surface area contributed by atoms with Gasteiger partial charge >= 0.3 is 0 Å². The Labute approximate surface area is 174 Å². The average Bonchev–Trinajstić information content (AvgIpc) is 2.68. The van der Waals surface area contributed by atoms with Crippen LogP contribution in [0.4, 0.5) is 0 Å². The highest BCUT2D eigenvalue weighted by molar-refractivity contribution is 5.75. The second-order valence-corrected chi connectivity index (χ2v) is 7.72. The number of carbonyl (C=O) groups is 1. The molecule has 0 heterocycles. The van der Waals surface area contributed by atoms with E-state index < -0.39 is 0 Å². The predicted molar refractivity (Wildman–Crippen MR) is 114 cm³/mol. The van der Waals surface area contributed by atoms with Crippen LogP contribution in [0.25, 0.3) is 0 Å². The lowest BCUT2D eigenvalue weighted by molar-refractivity contribution is -0.480. The summed E-state index contributed by atoms with van der Waals surface area (Å²) >= 11 is 0. The summed E-state index contributed by atoms with van der Waals surface area (Å²) in [7, 11) is 1.57. The van der Waals surface area contributed by atoms with Crippen molar-refractivity contribution in [2.24, 2.45) is 5.92 Å². The Bertz CT molecular complexity index is 619. The second kappa shape index (κ2) is 14.7. The third kappa shape index (κ3) is 12.0. The number of nitro groups is 1. The van der Waals surface area contributed by atoms with Crippen LogP contribution < -0.4 is 14.8 Å². The zero-order valence-electron chi connectivity index (χ0n) is 18.1. The highest BCUT2D eigenvalue weighted by Crippen LogP contribution is 2.28. The summed E-state index contributed by atoms with van der Waals surface area (Å²) in [5.41, 5.74) is 0.938. The van der Waals surface area contributed by atoms with E-state index in [1.165, 1.54) is 19.3 Å².